The molecule has 3 aliphatic carbocycles. The summed E-state index contributed by atoms with van der Waals surface area (Å²) >= 11 is 3.00. The minimum Gasteiger partial charge on any atom is -0.405 e. The van der Waals surface area contributed by atoms with Gasteiger partial charge in [0.15, 0.2) is 10.1 Å². The maximum atomic E-state index is 12.3. The van der Waals surface area contributed by atoms with Gasteiger partial charge in [-0.25, -0.2) is 0 Å². The van der Waals surface area contributed by atoms with Gasteiger partial charge in [0.25, 0.3) is 0 Å². The molecule has 9 heteroatoms. The van der Waals surface area contributed by atoms with Crippen molar-refractivity contribution < 1.29 is 14.1 Å². The summed E-state index contributed by atoms with van der Waals surface area (Å²) in [6.07, 6.45) is 3.10. The summed E-state index contributed by atoms with van der Waals surface area (Å²) in [5, 5.41) is 8.67. The Hall–Kier alpha value is -1.42. The average molecular weight is 485 g/mol. The van der Waals surface area contributed by atoms with Crippen molar-refractivity contribution in [1.29, 1.82) is 0 Å². The SMILES string of the molecule is CC(=O)c1c(C)ccc(C[C@H](Sc2nnc(N)s2)B2OC3C[C@@H]4C[C@@H](C4(C)C)[C@]3(C)O2)c1C. The predicted molar refractivity (Wildman–Crippen MR) is 134 cm³/mol. The number of anilines is 1. The fraction of sp³-hybridized carbons (Fsp3) is 0.625. The normalized spacial score (nSPS) is 30.6. The molecule has 2 heterocycles. The molecule has 4 fully saturated rings. The highest BCUT2D eigenvalue weighted by Crippen LogP contribution is 2.66. The zero-order valence-electron chi connectivity index (χ0n) is 20.2. The Balaban J connectivity index is 1.45. The lowest BCUT2D eigenvalue weighted by Gasteiger charge is -2.64. The Labute approximate surface area is 204 Å². The molecular formula is C24H32BN3O3S2. The second-order valence-electron chi connectivity index (χ2n) is 10.7. The molecule has 1 aromatic heterocycles. The number of thioether (sulfide) groups is 1. The third-order valence-corrected chi connectivity index (χ3v) is 10.6. The largest absolute Gasteiger partial charge is 0.472 e. The van der Waals surface area contributed by atoms with E-state index >= 15 is 0 Å². The summed E-state index contributed by atoms with van der Waals surface area (Å²) in [7, 11) is -0.355. The number of nitrogen functional groups attached to an aromatic ring is 1. The van der Waals surface area contributed by atoms with E-state index in [0.717, 1.165) is 33.0 Å². The van der Waals surface area contributed by atoms with Gasteiger partial charge in [0, 0.05) is 5.56 Å². The molecule has 6 nitrogen and oxygen atoms in total. The third kappa shape index (κ3) is 3.75. The van der Waals surface area contributed by atoms with Crippen LogP contribution in [0.25, 0.3) is 0 Å². The van der Waals surface area contributed by atoms with Crippen molar-refractivity contribution in [3.05, 3.63) is 34.4 Å². The minimum atomic E-state index is -0.355. The molecule has 1 unspecified atom stereocenters. The van der Waals surface area contributed by atoms with Crippen molar-refractivity contribution in [3.8, 4) is 0 Å². The van der Waals surface area contributed by atoms with E-state index in [0.29, 0.717) is 28.8 Å². The smallest absolute Gasteiger partial charge is 0.405 e. The van der Waals surface area contributed by atoms with Crippen molar-refractivity contribution in [2.45, 2.75) is 82.0 Å². The van der Waals surface area contributed by atoms with Crippen molar-refractivity contribution in [3.63, 3.8) is 0 Å². The maximum absolute atomic E-state index is 12.3. The van der Waals surface area contributed by atoms with Crippen LogP contribution in [0.1, 0.15) is 67.6 Å². The molecular weight excluding hydrogens is 453 g/mol. The highest BCUT2D eigenvalue weighted by Gasteiger charge is 2.68. The molecule has 1 aliphatic heterocycles. The summed E-state index contributed by atoms with van der Waals surface area (Å²) in [5.74, 6) is 1.31. The summed E-state index contributed by atoms with van der Waals surface area (Å²) in [6.45, 7) is 12.7. The van der Waals surface area contributed by atoms with E-state index in [9.17, 15) is 4.79 Å². The van der Waals surface area contributed by atoms with Gasteiger partial charge in [-0.05, 0) is 80.9 Å². The number of ketones is 1. The number of Topliss-reactive ketones (excluding diaryl/α,β-unsaturated/α-hetero) is 1. The van der Waals surface area contributed by atoms with Crippen LogP contribution in [0.4, 0.5) is 5.13 Å². The van der Waals surface area contributed by atoms with Gasteiger partial charge < -0.3 is 15.0 Å². The second kappa shape index (κ2) is 8.07. The van der Waals surface area contributed by atoms with E-state index in [1.54, 1.807) is 18.7 Å². The predicted octanol–water partition coefficient (Wildman–Crippen LogP) is 4.91. The van der Waals surface area contributed by atoms with Crippen molar-refractivity contribution in [2.75, 3.05) is 5.73 Å². The molecule has 3 saturated carbocycles. The van der Waals surface area contributed by atoms with Crippen LogP contribution in [0.3, 0.4) is 0 Å². The zero-order valence-corrected chi connectivity index (χ0v) is 21.8. The number of benzene rings is 1. The van der Waals surface area contributed by atoms with Gasteiger partial charge in [-0.3, -0.25) is 4.79 Å². The molecule has 2 aromatic rings. The standard InChI is InChI=1S/C24H32BN3O3S2/c1-12-7-8-15(13(2)20(12)14(3)29)9-19(32-22-28-27-21(26)33-22)25-30-18-11-16-10-17(23(16,4)5)24(18,6)31-25/h7-8,16-19H,9-11H2,1-6H3,(H2,26,27)/t16-,17-,18?,19-,24-/m0/s1. The number of nitrogens with two attached hydrogens (primary N) is 1. The van der Waals surface area contributed by atoms with Gasteiger partial charge in [-0.1, -0.05) is 49.1 Å². The lowest BCUT2D eigenvalue weighted by atomic mass is 9.43. The number of rotatable bonds is 6. The number of carbonyl (C=O) groups is 1. The number of nitrogens with zero attached hydrogens (tertiary/aromatic N) is 2. The van der Waals surface area contributed by atoms with Crippen LogP contribution in [0.15, 0.2) is 16.5 Å². The van der Waals surface area contributed by atoms with Gasteiger partial charge in [0.1, 0.15) is 0 Å². The van der Waals surface area contributed by atoms with E-state index in [4.69, 9.17) is 15.0 Å². The number of aryl methyl sites for hydroxylation is 1. The van der Waals surface area contributed by atoms with Crippen molar-refractivity contribution >= 4 is 41.1 Å². The van der Waals surface area contributed by atoms with E-state index in [1.165, 1.54) is 17.8 Å². The average Bonchev–Trinajstić information content (AvgIpc) is 3.30. The van der Waals surface area contributed by atoms with E-state index in [1.807, 2.05) is 19.9 Å². The van der Waals surface area contributed by atoms with Gasteiger partial charge >= 0.3 is 7.12 Å². The number of carbonyl (C=O) groups excluding carboxylic acids is 1. The lowest BCUT2D eigenvalue weighted by molar-refractivity contribution is -0.199. The highest BCUT2D eigenvalue weighted by molar-refractivity contribution is 8.02. The topological polar surface area (TPSA) is 87.3 Å². The minimum absolute atomic E-state index is 0.0266. The zero-order chi connectivity index (χ0) is 23.7. The summed E-state index contributed by atoms with van der Waals surface area (Å²) in [4.78, 5) is 12.3. The lowest BCUT2D eigenvalue weighted by Crippen LogP contribution is -2.65. The Kier molecular flexibility index (Phi) is 5.71. The van der Waals surface area contributed by atoms with Crippen molar-refractivity contribution in [1.82, 2.24) is 10.2 Å². The van der Waals surface area contributed by atoms with Crippen LogP contribution in [0, 0.1) is 31.1 Å². The van der Waals surface area contributed by atoms with E-state index in [2.05, 4.69) is 37.0 Å². The summed E-state index contributed by atoms with van der Waals surface area (Å²) in [5.41, 5.74) is 9.88. The monoisotopic (exact) mass is 485 g/mol. The molecule has 1 aromatic carbocycles. The molecule has 0 radical (unpaired) electrons. The summed E-state index contributed by atoms with van der Waals surface area (Å²) < 4.78 is 14.3. The fourth-order valence-corrected chi connectivity index (χ4v) is 8.52. The van der Waals surface area contributed by atoms with Crippen LogP contribution < -0.4 is 5.73 Å². The number of hydrogen-bond donors (Lipinski definition) is 1. The number of aromatic nitrogens is 2. The molecule has 0 spiro atoms. The molecule has 33 heavy (non-hydrogen) atoms. The van der Waals surface area contributed by atoms with Crippen LogP contribution in [0.2, 0.25) is 0 Å². The molecule has 1 saturated heterocycles. The Morgan fingerprint density at radius 2 is 2.06 bits per heavy atom. The Bertz CT molecular complexity index is 1110. The van der Waals surface area contributed by atoms with E-state index < -0.39 is 0 Å². The van der Waals surface area contributed by atoms with Gasteiger partial charge in [0.05, 0.1) is 16.9 Å². The highest BCUT2D eigenvalue weighted by atomic mass is 32.2. The first-order valence-electron chi connectivity index (χ1n) is 11.7. The van der Waals surface area contributed by atoms with Crippen molar-refractivity contribution in [2.24, 2.45) is 17.3 Å². The Morgan fingerprint density at radius 1 is 1.30 bits per heavy atom. The van der Waals surface area contributed by atoms with Gasteiger partial charge in [-0.15, -0.1) is 10.2 Å². The molecule has 4 aliphatic rings. The van der Waals surface area contributed by atoms with E-state index in [-0.39, 0.29) is 29.8 Å². The molecule has 6 rings (SSSR count). The third-order valence-electron chi connectivity index (χ3n) is 8.51. The van der Waals surface area contributed by atoms with Crippen LogP contribution >= 0.6 is 23.1 Å². The second-order valence-corrected chi connectivity index (χ2v) is 13.2. The molecule has 0 amide bonds. The van der Waals surface area contributed by atoms with Crippen LogP contribution in [-0.4, -0.2) is 40.0 Å². The van der Waals surface area contributed by atoms with Crippen LogP contribution in [-0.2, 0) is 15.7 Å². The Morgan fingerprint density at radius 3 is 2.70 bits per heavy atom. The molecule has 176 valence electrons. The van der Waals surface area contributed by atoms with Gasteiger partial charge in [-0.2, -0.15) is 0 Å². The molecule has 2 N–H and O–H groups in total. The first-order valence-corrected chi connectivity index (χ1v) is 13.4. The van der Waals surface area contributed by atoms with Gasteiger partial charge in [0.2, 0.25) is 5.13 Å². The summed E-state index contributed by atoms with van der Waals surface area (Å²) in [6, 6.07) is 4.17. The quantitative estimate of drug-likeness (QED) is 0.353. The molecule has 2 bridgehead atoms. The number of hydrogen-bond acceptors (Lipinski definition) is 8. The maximum Gasteiger partial charge on any atom is 0.472 e. The molecule has 5 atom stereocenters. The first kappa shape index (κ1) is 23.3. The first-order chi connectivity index (χ1) is 15.5. The fourth-order valence-electron chi connectivity index (χ4n) is 6.52. The van der Waals surface area contributed by atoms with Crippen LogP contribution in [0.5, 0.6) is 0 Å².